The molecule has 0 spiro atoms. The number of likely N-dealkylation sites (tertiary alicyclic amines) is 1. The molecule has 3 aromatic rings. The Morgan fingerprint density at radius 2 is 1.90 bits per heavy atom. The van der Waals surface area contributed by atoms with Gasteiger partial charge in [0.2, 0.25) is 11.8 Å². The molecule has 1 unspecified atom stereocenters. The largest absolute Gasteiger partial charge is 0.326 e. The van der Waals surface area contributed by atoms with Gasteiger partial charge in [-0.2, -0.15) is 0 Å². The van der Waals surface area contributed by atoms with Crippen molar-refractivity contribution in [1.29, 1.82) is 0 Å². The van der Waals surface area contributed by atoms with Crippen molar-refractivity contribution in [2.45, 2.75) is 25.8 Å². The average molecular weight is 441 g/mol. The summed E-state index contributed by atoms with van der Waals surface area (Å²) in [6, 6.07) is 10.5. The van der Waals surface area contributed by atoms with Crippen LogP contribution in [0.3, 0.4) is 0 Å². The third kappa shape index (κ3) is 4.42. The van der Waals surface area contributed by atoms with E-state index in [0.29, 0.717) is 28.7 Å². The van der Waals surface area contributed by atoms with Crippen LogP contribution in [-0.4, -0.2) is 40.2 Å². The second kappa shape index (κ2) is 8.76. The molecule has 30 heavy (non-hydrogen) atoms. The minimum absolute atomic E-state index is 0.0956. The van der Waals surface area contributed by atoms with Crippen molar-refractivity contribution in [3.05, 3.63) is 52.0 Å². The first-order valence-electron chi connectivity index (χ1n) is 9.50. The lowest BCUT2D eigenvalue weighted by Crippen LogP contribution is -2.42. The van der Waals surface area contributed by atoms with Crippen LogP contribution in [-0.2, 0) is 9.59 Å². The van der Waals surface area contributed by atoms with Crippen LogP contribution in [0.4, 0.5) is 10.8 Å². The van der Waals surface area contributed by atoms with E-state index in [-0.39, 0.29) is 17.7 Å². The number of hydrogen-bond acceptors (Lipinski definition) is 6. The quantitative estimate of drug-likeness (QED) is 0.626. The molecule has 1 aliphatic heterocycles. The topological polar surface area (TPSA) is 91.4 Å². The molecule has 4 rings (SSSR count). The molecule has 0 aliphatic carbocycles. The summed E-state index contributed by atoms with van der Waals surface area (Å²) in [7, 11) is 0. The molecule has 2 aromatic heterocycles. The van der Waals surface area contributed by atoms with Gasteiger partial charge in [0.05, 0.1) is 10.6 Å². The van der Waals surface area contributed by atoms with Crippen LogP contribution in [0.5, 0.6) is 0 Å². The van der Waals surface area contributed by atoms with Gasteiger partial charge in [0, 0.05) is 30.1 Å². The highest BCUT2D eigenvalue weighted by Crippen LogP contribution is 2.28. The second-order valence-electron chi connectivity index (χ2n) is 6.92. The van der Waals surface area contributed by atoms with Gasteiger partial charge >= 0.3 is 0 Å². The molecule has 0 bridgehead atoms. The number of nitrogens with zero attached hydrogens (tertiary/aromatic N) is 2. The molecule has 2 N–H and O–H groups in total. The Morgan fingerprint density at radius 3 is 2.60 bits per heavy atom. The number of nitrogens with one attached hydrogen (secondary N) is 2. The third-order valence-corrected chi connectivity index (χ3v) is 6.40. The molecular weight excluding hydrogens is 420 g/mol. The molecule has 1 aromatic carbocycles. The summed E-state index contributed by atoms with van der Waals surface area (Å²) in [5, 5.41) is 9.81. The predicted octanol–water partition coefficient (Wildman–Crippen LogP) is 4.07. The van der Waals surface area contributed by atoms with E-state index in [1.165, 1.54) is 29.6 Å². The lowest BCUT2D eigenvalue weighted by Gasteiger charge is -2.22. The Hall–Kier alpha value is -3.04. The smallest absolute Gasteiger partial charge is 0.264 e. The van der Waals surface area contributed by atoms with E-state index in [1.807, 2.05) is 29.0 Å². The number of benzene rings is 1. The highest BCUT2D eigenvalue weighted by molar-refractivity contribution is 7.14. The van der Waals surface area contributed by atoms with E-state index >= 15 is 0 Å². The Morgan fingerprint density at radius 1 is 1.10 bits per heavy atom. The van der Waals surface area contributed by atoms with Crippen LogP contribution in [0.25, 0.3) is 11.3 Å². The summed E-state index contributed by atoms with van der Waals surface area (Å²) in [5.41, 5.74) is 2.34. The first kappa shape index (κ1) is 20.2. The highest BCUT2D eigenvalue weighted by atomic mass is 32.1. The van der Waals surface area contributed by atoms with Gasteiger partial charge in [-0.1, -0.05) is 18.2 Å². The molecule has 1 fully saturated rings. The van der Waals surface area contributed by atoms with Gasteiger partial charge in [-0.25, -0.2) is 4.98 Å². The molecular formula is C21H20N4O3S2. The summed E-state index contributed by atoms with van der Waals surface area (Å²) >= 11 is 2.72. The van der Waals surface area contributed by atoms with Crippen molar-refractivity contribution in [2.24, 2.45) is 0 Å². The maximum atomic E-state index is 12.8. The van der Waals surface area contributed by atoms with Crippen molar-refractivity contribution >= 4 is 51.2 Å². The Balaban J connectivity index is 1.42. The zero-order valence-corrected chi connectivity index (χ0v) is 17.9. The number of anilines is 2. The summed E-state index contributed by atoms with van der Waals surface area (Å²) in [5.74, 6) is -0.430. The van der Waals surface area contributed by atoms with Gasteiger partial charge in [0.25, 0.3) is 5.91 Å². The zero-order valence-electron chi connectivity index (χ0n) is 16.3. The molecule has 1 saturated heterocycles. The fourth-order valence-electron chi connectivity index (χ4n) is 3.40. The lowest BCUT2D eigenvalue weighted by atomic mass is 10.1. The van der Waals surface area contributed by atoms with E-state index in [1.54, 1.807) is 23.1 Å². The van der Waals surface area contributed by atoms with Gasteiger partial charge in [-0.15, -0.1) is 22.7 Å². The molecule has 3 amide bonds. The van der Waals surface area contributed by atoms with E-state index in [2.05, 4.69) is 15.6 Å². The monoisotopic (exact) mass is 440 g/mol. The fourth-order valence-corrected chi connectivity index (χ4v) is 4.81. The molecule has 9 heteroatoms. The van der Waals surface area contributed by atoms with Crippen molar-refractivity contribution in [3.63, 3.8) is 0 Å². The SMILES string of the molecule is CC(=O)Nc1ccc(-c2csc(NC(=O)C3CCCN3C(=O)c3cccs3)n2)cc1. The second-order valence-corrected chi connectivity index (χ2v) is 8.73. The highest BCUT2D eigenvalue weighted by Gasteiger charge is 2.35. The molecule has 0 radical (unpaired) electrons. The van der Waals surface area contributed by atoms with Crippen LogP contribution in [0.2, 0.25) is 0 Å². The van der Waals surface area contributed by atoms with Gasteiger partial charge in [-0.05, 0) is 36.4 Å². The molecule has 7 nitrogen and oxygen atoms in total. The fraction of sp³-hybridized carbons (Fsp3) is 0.238. The number of amides is 3. The van der Waals surface area contributed by atoms with Crippen molar-refractivity contribution in [3.8, 4) is 11.3 Å². The van der Waals surface area contributed by atoms with E-state index in [9.17, 15) is 14.4 Å². The van der Waals surface area contributed by atoms with Crippen LogP contribution < -0.4 is 10.6 Å². The van der Waals surface area contributed by atoms with E-state index in [4.69, 9.17) is 0 Å². The summed E-state index contributed by atoms with van der Waals surface area (Å²) < 4.78 is 0. The maximum absolute atomic E-state index is 12.8. The molecule has 0 saturated carbocycles. The maximum Gasteiger partial charge on any atom is 0.264 e. The first-order chi connectivity index (χ1) is 14.5. The number of thiazole rings is 1. The number of rotatable bonds is 5. The molecule has 3 heterocycles. The molecule has 1 aliphatic rings. The normalized spacial score (nSPS) is 15.8. The summed E-state index contributed by atoms with van der Waals surface area (Å²) in [6.07, 6.45) is 1.45. The Labute approximate surface area is 181 Å². The van der Waals surface area contributed by atoms with Crippen LogP contribution in [0, 0.1) is 0 Å². The van der Waals surface area contributed by atoms with Crippen LogP contribution in [0.15, 0.2) is 47.2 Å². The van der Waals surface area contributed by atoms with Crippen molar-refractivity contribution < 1.29 is 14.4 Å². The third-order valence-electron chi connectivity index (χ3n) is 4.78. The lowest BCUT2D eigenvalue weighted by molar-refractivity contribution is -0.119. The minimum atomic E-state index is -0.483. The van der Waals surface area contributed by atoms with E-state index < -0.39 is 6.04 Å². The average Bonchev–Trinajstić information content (AvgIpc) is 3.48. The van der Waals surface area contributed by atoms with Gasteiger partial charge in [0.1, 0.15) is 6.04 Å². The van der Waals surface area contributed by atoms with Crippen LogP contribution in [0.1, 0.15) is 29.4 Å². The first-order valence-corrected chi connectivity index (χ1v) is 11.3. The van der Waals surface area contributed by atoms with Gasteiger partial charge < -0.3 is 15.5 Å². The Kier molecular flexibility index (Phi) is 5.91. The van der Waals surface area contributed by atoms with Crippen molar-refractivity contribution in [1.82, 2.24) is 9.88 Å². The number of aromatic nitrogens is 1. The number of carbonyl (C=O) groups excluding carboxylic acids is 3. The molecule has 1 atom stereocenters. The number of carbonyl (C=O) groups is 3. The molecule has 154 valence electrons. The summed E-state index contributed by atoms with van der Waals surface area (Å²) in [4.78, 5) is 43.4. The number of hydrogen-bond donors (Lipinski definition) is 2. The van der Waals surface area contributed by atoms with Gasteiger partial charge in [-0.3, -0.25) is 14.4 Å². The van der Waals surface area contributed by atoms with Crippen molar-refractivity contribution in [2.75, 3.05) is 17.2 Å². The number of thiophene rings is 1. The minimum Gasteiger partial charge on any atom is -0.326 e. The Bertz CT molecular complexity index is 1060. The van der Waals surface area contributed by atoms with E-state index in [0.717, 1.165) is 17.7 Å². The standard InChI is InChI=1S/C21H20N4O3S2/c1-13(26)22-15-8-6-14(7-9-15)16-12-30-21(23-16)24-19(27)17-4-2-10-25(17)20(28)18-5-3-11-29-18/h3,5-9,11-12,17H,2,4,10H2,1H3,(H,22,26)(H,23,24,27). The summed E-state index contributed by atoms with van der Waals surface area (Å²) in [6.45, 7) is 2.04. The zero-order chi connectivity index (χ0) is 21.1. The van der Waals surface area contributed by atoms with Gasteiger partial charge in [0.15, 0.2) is 5.13 Å². The predicted molar refractivity (Wildman–Crippen MR) is 119 cm³/mol. The van der Waals surface area contributed by atoms with Crippen LogP contribution >= 0.6 is 22.7 Å².